The van der Waals surface area contributed by atoms with Gasteiger partial charge in [0.1, 0.15) is 23.9 Å². The van der Waals surface area contributed by atoms with Crippen LogP contribution in [0.4, 0.5) is 24.7 Å². The van der Waals surface area contributed by atoms with Gasteiger partial charge < -0.3 is 19.5 Å². The van der Waals surface area contributed by atoms with Gasteiger partial charge in [0.05, 0.1) is 31.4 Å². The van der Waals surface area contributed by atoms with Crippen molar-refractivity contribution in [3.63, 3.8) is 0 Å². The maximum atomic E-state index is 13.7. The molecule has 1 saturated carbocycles. The lowest BCUT2D eigenvalue weighted by Crippen LogP contribution is -2.41. The van der Waals surface area contributed by atoms with E-state index in [1.165, 1.54) is 25.4 Å². The van der Waals surface area contributed by atoms with E-state index >= 15 is 0 Å². The zero-order valence-electron chi connectivity index (χ0n) is 25.2. The highest BCUT2D eigenvalue weighted by molar-refractivity contribution is 6.09. The van der Waals surface area contributed by atoms with Crippen molar-refractivity contribution >= 4 is 23.4 Å². The average Bonchev–Trinajstić information content (AvgIpc) is 3.86. The van der Waals surface area contributed by atoms with Crippen molar-refractivity contribution in [1.29, 1.82) is 0 Å². The van der Waals surface area contributed by atoms with E-state index in [0.29, 0.717) is 60.7 Å². The van der Waals surface area contributed by atoms with Gasteiger partial charge in [-0.3, -0.25) is 14.5 Å². The van der Waals surface area contributed by atoms with Crippen LogP contribution in [0.1, 0.15) is 59.8 Å². The van der Waals surface area contributed by atoms with Crippen molar-refractivity contribution in [3.05, 3.63) is 65.7 Å². The molecule has 45 heavy (non-hydrogen) atoms. The quantitative estimate of drug-likeness (QED) is 0.271. The smallest absolute Gasteiger partial charge is 0.406 e. The number of carboxylic acids is 1. The Balaban J connectivity index is 1.28. The normalized spacial score (nSPS) is 16.2. The standard InChI is InChI=1S/C32H36F3N5O5/c1-20-36-12-8-28(38-20)40(19-32(33,34)35)31(43)25-6-5-24(44-2)16-27(25)39-13-9-21(10-14-39)18-45-29-15-23(7-11-37-29)26(17-30(41)42)22-3-4-22/h5-8,11-12,15-16,21-22,26H,3-4,9-10,13-14,17-19H2,1-2H3,(H,41,42). The van der Waals surface area contributed by atoms with Gasteiger partial charge in [-0.05, 0) is 80.2 Å². The highest BCUT2D eigenvalue weighted by atomic mass is 19.4. The number of carboxylic acid groups (broad SMARTS) is 1. The summed E-state index contributed by atoms with van der Waals surface area (Å²) in [6.45, 7) is 1.55. The Morgan fingerprint density at radius 3 is 2.44 bits per heavy atom. The number of amides is 1. The minimum atomic E-state index is -4.65. The molecule has 1 atom stereocenters. The molecule has 1 aromatic carbocycles. The van der Waals surface area contributed by atoms with Crippen LogP contribution in [0.15, 0.2) is 48.8 Å². The summed E-state index contributed by atoms with van der Waals surface area (Å²) in [6, 6.07) is 9.69. The van der Waals surface area contributed by atoms with Gasteiger partial charge >= 0.3 is 12.1 Å². The number of benzene rings is 1. The molecule has 0 radical (unpaired) electrons. The number of methoxy groups -OCH3 is 1. The number of carbonyl (C=O) groups is 2. The van der Waals surface area contributed by atoms with Crippen LogP contribution in [-0.4, -0.2) is 71.5 Å². The maximum Gasteiger partial charge on any atom is 0.406 e. The lowest BCUT2D eigenvalue weighted by Gasteiger charge is -2.35. The number of pyridine rings is 1. The first-order valence-electron chi connectivity index (χ1n) is 14.9. The molecule has 2 aliphatic rings. The molecule has 0 bridgehead atoms. The molecule has 1 N–H and O–H groups in total. The number of aromatic nitrogens is 3. The summed E-state index contributed by atoms with van der Waals surface area (Å²) in [5.41, 5.74) is 1.51. The van der Waals surface area contributed by atoms with Crippen LogP contribution in [0.2, 0.25) is 0 Å². The fraction of sp³-hybridized carbons (Fsp3) is 0.469. The van der Waals surface area contributed by atoms with Gasteiger partial charge in [-0.2, -0.15) is 13.2 Å². The van der Waals surface area contributed by atoms with Crippen LogP contribution in [-0.2, 0) is 4.79 Å². The van der Waals surface area contributed by atoms with E-state index < -0.39 is 24.6 Å². The number of aryl methyl sites for hydroxylation is 1. The number of carbonyl (C=O) groups excluding carboxylic acids is 1. The van der Waals surface area contributed by atoms with Crippen LogP contribution < -0.4 is 19.3 Å². The Morgan fingerprint density at radius 2 is 1.80 bits per heavy atom. The highest BCUT2D eigenvalue weighted by Gasteiger charge is 2.37. The molecule has 0 spiro atoms. The number of ether oxygens (including phenoxy) is 2. The van der Waals surface area contributed by atoms with Crippen molar-refractivity contribution in [1.82, 2.24) is 15.0 Å². The predicted octanol–water partition coefficient (Wildman–Crippen LogP) is 5.66. The first-order chi connectivity index (χ1) is 21.5. The number of anilines is 2. The Kier molecular flexibility index (Phi) is 9.74. The van der Waals surface area contributed by atoms with Crippen molar-refractivity contribution in [2.45, 2.75) is 51.1 Å². The van der Waals surface area contributed by atoms with Crippen molar-refractivity contribution in [2.75, 3.05) is 43.2 Å². The number of hydrogen-bond acceptors (Lipinski definition) is 8. The van der Waals surface area contributed by atoms with E-state index in [9.17, 15) is 27.9 Å². The summed E-state index contributed by atoms with van der Waals surface area (Å²) in [5.74, 6) is -0.102. The molecule has 13 heteroatoms. The third-order valence-corrected chi connectivity index (χ3v) is 8.25. The number of rotatable bonds is 12. The SMILES string of the molecule is COc1ccc(C(=O)N(CC(F)(F)F)c2ccnc(C)n2)c(N2CCC(COc3cc(C(CC(=O)O)C4CC4)ccn3)CC2)c1. The second kappa shape index (κ2) is 13.7. The molecule has 1 amide bonds. The molecular weight excluding hydrogens is 591 g/mol. The lowest BCUT2D eigenvalue weighted by atomic mass is 9.92. The van der Waals surface area contributed by atoms with Crippen molar-refractivity contribution in [2.24, 2.45) is 11.8 Å². The Hall–Kier alpha value is -4.42. The van der Waals surface area contributed by atoms with Gasteiger partial charge in [0.2, 0.25) is 5.88 Å². The fourth-order valence-electron chi connectivity index (χ4n) is 5.78. The summed E-state index contributed by atoms with van der Waals surface area (Å²) in [6.07, 6.45) is 1.88. The molecule has 1 saturated heterocycles. The molecule has 2 aromatic heterocycles. The zero-order valence-corrected chi connectivity index (χ0v) is 25.2. The van der Waals surface area contributed by atoms with E-state index in [0.717, 1.165) is 18.4 Å². The number of aliphatic carboxylic acids is 1. The number of nitrogens with zero attached hydrogens (tertiary/aromatic N) is 5. The molecule has 1 aliphatic heterocycles. The molecule has 3 aromatic rings. The van der Waals surface area contributed by atoms with Crippen LogP contribution in [0.5, 0.6) is 11.6 Å². The average molecular weight is 628 g/mol. The van der Waals surface area contributed by atoms with E-state index in [1.54, 1.807) is 25.3 Å². The number of piperidine rings is 1. The minimum absolute atomic E-state index is 0.0544. The summed E-state index contributed by atoms with van der Waals surface area (Å²) < 4.78 is 52.3. The summed E-state index contributed by atoms with van der Waals surface area (Å²) >= 11 is 0. The van der Waals surface area contributed by atoms with Crippen LogP contribution in [0.25, 0.3) is 0 Å². The second-order valence-electron chi connectivity index (χ2n) is 11.6. The van der Waals surface area contributed by atoms with Gasteiger partial charge in [-0.1, -0.05) is 0 Å². The molecule has 1 aliphatic carbocycles. The Bertz CT molecular complexity index is 1510. The van der Waals surface area contributed by atoms with E-state index in [2.05, 4.69) is 15.0 Å². The lowest BCUT2D eigenvalue weighted by molar-refractivity contribution is -0.137. The van der Waals surface area contributed by atoms with E-state index in [-0.39, 0.29) is 35.5 Å². The number of halogens is 3. The largest absolute Gasteiger partial charge is 0.497 e. The number of alkyl halides is 3. The van der Waals surface area contributed by atoms with Gasteiger partial charge in [0.25, 0.3) is 5.91 Å². The van der Waals surface area contributed by atoms with E-state index in [1.807, 2.05) is 17.0 Å². The molecular formula is C32H36F3N5O5. The van der Waals surface area contributed by atoms with E-state index in [4.69, 9.17) is 9.47 Å². The zero-order chi connectivity index (χ0) is 32.1. The van der Waals surface area contributed by atoms with Gasteiger partial charge in [-0.25, -0.2) is 15.0 Å². The molecule has 240 valence electrons. The number of hydrogen-bond donors (Lipinski definition) is 1. The molecule has 1 unspecified atom stereocenters. The highest BCUT2D eigenvalue weighted by Crippen LogP contribution is 2.45. The fourth-order valence-corrected chi connectivity index (χ4v) is 5.78. The third kappa shape index (κ3) is 8.40. The second-order valence-corrected chi connectivity index (χ2v) is 11.6. The third-order valence-electron chi connectivity index (χ3n) is 8.25. The first kappa shape index (κ1) is 32.0. The van der Waals surface area contributed by atoms with Gasteiger partial charge in [-0.15, -0.1) is 0 Å². The van der Waals surface area contributed by atoms with Gasteiger partial charge in [0.15, 0.2) is 0 Å². The topological polar surface area (TPSA) is 118 Å². The Labute approximate surface area is 259 Å². The summed E-state index contributed by atoms with van der Waals surface area (Å²) in [5, 5.41) is 9.35. The van der Waals surface area contributed by atoms with Crippen LogP contribution >= 0.6 is 0 Å². The van der Waals surface area contributed by atoms with Crippen LogP contribution in [0, 0.1) is 18.8 Å². The molecule has 10 nitrogen and oxygen atoms in total. The monoisotopic (exact) mass is 627 g/mol. The van der Waals surface area contributed by atoms with Crippen molar-refractivity contribution < 1.29 is 37.3 Å². The predicted molar refractivity (Wildman–Crippen MR) is 160 cm³/mol. The molecule has 5 rings (SSSR count). The van der Waals surface area contributed by atoms with Crippen molar-refractivity contribution in [3.8, 4) is 11.6 Å². The maximum absolute atomic E-state index is 13.7. The molecule has 3 heterocycles. The Morgan fingerprint density at radius 1 is 1.07 bits per heavy atom. The van der Waals surface area contributed by atoms with Gasteiger partial charge in [0, 0.05) is 37.6 Å². The summed E-state index contributed by atoms with van der Waals surface area (Å²) in [7, 11) is 1.49. The summed E-state index contributed by atoms with van der Waals surface area (Å²) in [4.78, 5) is 40.1. The minimum Gasteiger partial charge on any atom is -0.497 e. The molecule has 2 fully saturated rings. The van der Waals surface area contributed by atoms with Crippen LogP contribution in [0.3, 0.4) is 0 Å². The first-order valence-corrected chi connectivity index (χ1v) is 14.9.